The van der Waals surface area contributed by atoms with E-state index in [2.05, 4.69) is 0 Å². The third-order valence-electron chi connectivity index (χ3n) is 4.89. The summed E-state index contributed by atoms with van der Waals surface area (Å²) in [5.41, 5.74) is 0.539. The minimum atomic E-state index is -3.75. The van der Waals surface area contributed by atoms with Gasteiger partial charge in [-0.25, -0.2) is 8.42 Å². The van der Waals surface area contributed by atoms with Crippen molar-refractivity contribution in [3.8, 4) is 5.75 Å². The van der Waals surface area contributed by atoms with Crippen molar-refractivity contribution in [2.24, 2.45) is 0 Å². The van der Waals surface area contributed by atoms with Gasteiger partial charge in [0.2, 0.25) is 5.91 Å². The zero-order valence-electron chi connectivity index (χ0n) is 15.7. The van der Waals surface area contributed by atoms with Crippen LogP contribution in [-0.4, -0.2) is 46.0 Å². The van der Waals surface area contributed by atoms with Gasteiger partial charge in [0.15, 0.2) is 0 Å². The molecule has 4 rings (SSSR count). The SMILES string of the molecule is CN(CCOc1ccc(Cl)cc1)C(=O)CN1c2cccc3cccc(c23)S1(=O)=O. The highest BCUT2D eigenvalue weighted by Crippen LogP contribution is 2.41. The average Bonchev–Trinajstić information content (AvgIpc) is 2.93. The molecular weight excluding hydrogens is 412 g/mol. The molecule has 0 aromatic heterocycles. The number of carbonyl (C=O) groups excluding carboxylic acids is 1. The summed E-state index contributed by atoms with van der Waals surface area (Å²) >= 11 is 5.84. The molecule has 0 bridgehead atoms. The third kappa shape index (κ3) is 3.63. The van der Waals surface area contributed by atoms with Crippen LogP contribution in [0, 0.1) is 0 Å². The quantitative estimate of drug-likeness (QED) is 0.600. The first-order chi connectivity index (χ1) is 13.9. The monoisotopic (exact) mass is 430 g/mol. The molecule has 6 nitrogen and oxygen atoms in total. The molecular formula is C21H19ClN2O4S. The van der Waals surface area contributed by atoms with Gasteiger partial charge in [0, 0.05) is 17.5 Å². The standard InChI is InChI=1S/C21H19ClN2O4S/c1-23(12-13-28-17-10-8-16(22)9-11-17)20(25)14-24-18-6-2-4-15-5-3-7-19(21(15)18)29(24,26)27/h2-11H,12-14H2,1H3. The molecule has 0 unspecified atom stereocenters. The normalized spacial score (nSPS) is 14.2. The van der Waals surface area contributed by atoms with Gasteiger partial charge in [-0.1, -0.05) is 35.9 Å². The van der Waals surface area contributed by atoms with Crippen molar-refractivity contribution in [1.82, 2.24) is 4.90 Å². The maximum Gasteiger partial charge on any atom is 0.265 e. The molecule has 3 aromatic carbocycles. The van der Waals surface area contributed by atoms with Crippen LogP contribution in [0.5, 0.6) is 5.75 Å². The fourth-order valence-corrected chi connectivity index (χ4v) is 5.11. The number of likely N-dealkylation sites (N-methyl/N-ethyl adjacent to an activating group) is 1. The molecule has 0 saturated carbocycles. The van der Waals surface area contributed by atoms with Crippen LogP contribution in [0.25, 0.3) is 10.8 Å². The molecule has 3 aromatic rings. The molecule has 29 heavy (non-hydrogen) atoms. The summed E-state index contributed by atoms with van der Waals surface area (Å²) < 4.78 is 32.7. The number of carbonyl (C=O) groups is 1. The van der Waals surface area contributed by atoms with E-state index in [0.29, 0.717) is 28.4 Å². The van der Waals surface area contributed by atoms with Crippen molar-refractivity contribution < 1.29 is 17.9 Å². The van der Waals surface area contributed by atoms with Gasteiger partial charge in [0.25, 0.3) is 10.0 Å². The van der Waals surface area contributed by atoms with Crippen LogP contribution in [0.4, 0.5) is 5.69 Å². The van der Waals surface area contributed by atoms with Crippen LogP contribution in [0.1, 0.15) is 0 Å². The van der Waals surface area contributed by atoms with Gasteiger partial charge in [-0.15, -0.1) is 0 Å². The minimum Gasteiger partial charge on any atom is -0.492 e. The predicted octanol–water partition coefficient (Wildman–Crippen LogP) is 3.54. The largest absolute Gasteiger partial charge is 0.492 e. The fourth-order valence-electron chi connectivity index (χ4n) is 3.33. The Bertz CT molecular complexity index is 1170. The predicted molar refractivity (Wildman–Crippen MR) is 113 cm³/mol. The smallest absolute Gasteiger partial charge is 0.265 e. The number of benzene rings is 3. The number of hydrogen-bond acceptors (Lipinski definition) is 4. The molecule has 1 aliphatic rings. The first-order valence-corrected chi connectivity index (χ1v) is 10.9. The van der Waals surface area contributed by atoms with Crippen LogP contribution < -0.4 is 9.04 Å². The Labute approximate surface area is 174 Å². The second kappa shape index (κ2) is 7.57. The van der Waals surface area contributed by atoms with E-state index in [9.17, 15) is 13.2 Å². The molecule has 1 amide bonds. The molecule has 0 saturated heterocycles. The second-order valence-electron chi connectivity index (χ2n) is 6.76. The number of rotatable bonds is 6. The molecule has 8 heteroatoms. The minimum absolute atomic E-state index is 0.243. The number of nitrogens with zero attached hydrogens (tertiary/aromatic N) is 2. The molecule has 0 N–H and O–H groups in total. The summed E-state index contributed by atoms with van der Waals surface area (Å²) in [6.45, 7) is 0.354. The van der Waals surface area contributed by atoms with Crippen LogP contribution in [-0.2, 0) is 14.8 Å². The van der Waals surface area contributed by atoms with E-state index in [1.807, 2.05) is 12.1 Å². The van der Waals surface area contributed by atoms with Crippen molar-refractivity contribution in [1.29, 1.82) is 0 Å². The van der Waals surface area contributed by atoms with Gasteiger partial charge in [-0.05, 0) is 41.8 Å². The summed E-state index contributed by atoms with van der Waals surface area (Å²) in [5.74, 6) is 0.345. The van der Waals surface area contributed by atoms with E-state index in [1.165, 1.54) is 9.21 Å². The zero-order valence-corrected chi connectivity index (χ0v) is 17.3. The van der Waals surface area contributed by atoms with Crippen molar-refractivity contribution in [3.05, 3.63) is 65.7 Å². The van der Waals surface area contributed by atoms with Crippen molar-refractivity contribution in [2.45, 2.75) is 4.90 Å². The van der Waals surface area contributed by atoms with Crippen LogP contribution in [0.3, 0.4) is 0 Å². The lowest BCUT2D eigenvalue weighted by atomic mass is 10.1. The van der Waals surface area contributed by atoms with Gasteiger partial charge >= 0.3 is 0 Å². The maximum atomic E-state index is 13.0. The Kier molecular flexibility index (Phi) is 5.10. The van der Waals surface area contributed by atoms with Crippen LogP contribution in [0.15, 0.2) is 65.6 Å². The number of sulfonamides is 1. The molecule has 1 aliphatic heterocycles. The highest BCUT2D eigenvalue weighted by atomic mass is 35.5. The van der Waals surface area contributed by atoms with Gasteiger partial charge in [-0.3, -0.25) is 9.10 Å². The summed E-state index contributed by atoms with van der Waals surface area (Å²) in [6.07, 6.45) is 0. The Balaban J connectivity index is 1.44. The van der Waals surface area contributed by atoms with Gasteiger partial charge < -0.3 is 9.64 Å². The van der Waals surface area contributed by atoms with E-state index in [4.69, 9.17) is 16.3 Å². The number of ether oxygens (including phenoxy) is 1. The number of halogens is 1. The van der Waals surface area contributed by atoms with Gasteiger partial charge in [0.05, 0.1) is 17.1 Å². The van der Waals surface area contributed by atoms with Crippen molar-refractivity contribution >= 4 is 44.0 Å². The highest BCUT2D eigenvalue weighted by Gasteiger charge is 2.37. The van der Waals surface area contributed by atoms with Crippen molar-refractivity contribution in [2.75, 3.05) is 31.0 Å². The molecule has 0 spiro atoms. The molecule has 0 radical (unpaired) electrons. The molecule has 0 atom stereocenters. The number of anilines is 1. The molecule has 0 aliphatic carbocycles. The lowest BCUT2D eigenvalue weighted by Gasteiger charge is -2.23. The van der Waals surface area contributed by atoms with E-state index in [0.717, 1.165) is 5.39 Å². The third-order valence-corrected chi connectivity index (χ3v) is 6.95. The van der Waals surface area contributed by atoms with Crippen LogP contribution >= 0.6 is 11.6 Å². The van der Waals surface area contributed by atoms with E-state index >= 15 is 0 Å². The van der Waals surface area contributed by atoms with E-state index < -0.39 is 10.0 Å². The average molecular weight is 431 g/mol. The Morgan fingerprint density at radius 1 is 1.07 bits per heavy atom. The summed E-state index contributed by atoms with van der Waals surface area (Å²) in [6, 6.07) is 17.5. The zero-order chi connectivity index (χ0) is 20.6. The van der Waals surface area contributed by atoms with Crippen molar-refractivity contribution in [3.63, 3.8) is 0 Å². The highest BCUT2D eigenvalue weighted by molar-refractivity contribution is 7.93. The Morgan fingerprint density at radius 3 is 2.48 bits per heavy atom. The first kappa shape index (κ1) is 19.5. The first-order valence-electron chi connectivity index (χ1n) is 9.05. The molecule has 1 heterocycles. The molecule has 150 valence electrons. The van der Waals surface area contributed by atoms with Crippen LogP contribution in [0.2, 0.25) is 5.02 Å². The molecule has 0 fully saturated rings. The van der Waals surface area contributed by atoms with E-state index in [1.54, 1.807) is 55.6 Å². The Hall–Kier alpha value is -2.77. The van der Waals surface area contributed by atoms with E-state index in [-0.39, 0.29) is 24.0 Å². The number of hydrogen-bond donors (Lipinski definition) is 0. The van der Waals surface area contributed by atoms with Gasteiger partial charge in [-0.2, -0.15) is 0 Å². The summed E-state index contributed by atoms with van der Waals surface area (Å²) in [5, 5.41) is 2.12. The summed E-state index contributed by atoms with van der Waals surface area (Å²) in [7, 11) is -2.12. The Morgan fingerprint density at radius 2 is 1.76 bits per heavy atom. The second-order valence-corrected chi connectivity index (χ2v) is 9.03. The topological polar surface area (TPSA) is 66.9 Å². The maximum absolute atomic E-state index is 13.0. The fraction of sp³-hybridized carbons (Fsp3) is 0.190. The summed E-state index contributed by atoms with van der Waals surface area (Å²) in [4.78, 5) is 14.4. The lowest BCUT2D eigenvalue weighted by Crippen LogP contribution is -2.41. The number of amides is 1. The van der Waals surface area contributed by atoms with Gasteiger partial charge in [0.1, 0.15) is 18.9 Å². The lowest BCUT2D eigenvalue weighted by molar-refractivity contribution is -0.128.